The predicted octanol–water partition coefficient (Wildman–Crippen LogP) is 2.36. The number of sulfonamides is 1. The molecule has 1 fully saturated rings. The molecule has 0 radical (unpaired) electrons. The molecule has 108 valence electrons. The first-order valence-corrected chi connectivity index (χ1v) is 8.95. The van der Waals surface area contributed by atoms with Gasteiger partial charge in [0.25, 0.3) is 10.0 Å². The third-order valence-electron chi connectivity index (χ3n) is 3.37. The molecule has 1 aromatic rings. The SMILES string of the molecule is CCCN(CC1CC1)S(=O)(=O)c1cc(C)c(CO)s1. The van der Waals surface area contributed by atoms with Crippen LogP contribution in [0.15, 0.2) is 10.3 Å². The first-order chi connectivity index (χ1) is 8.98. The highest BCUT2D eigenvalue weighted by Gasteiger charge is 2.32. The van der Waals surface area contributed by atoms with Crippen LogP contribution in [-0.2, 0) is 16.6 Å². The summed E-state index contributed by atoms with van der Waals surface area (Å²) < 4.78 is 27.2. The Morgan fingerprint density at radius 1 is 1.47 bits per heavy atom. The van der Waals surface area contributed by atoms with Gasteiger partial charge in [0, 0.05) is 18.0 Å². The van der Waals surface area contributed by atoms with E-state index in [4.69, 9.17) is 0 Å². The van der Waals surface area contributed by atoms with Crippen molar-refractivity contribution in [2.24, 2.45) is 5.92 Å². The number of hydrogen-bond acceptors (Lipinski definition) is 4. The van der Waals surface area contributed by atoms with Gasteiger partial charge in [-0.1, -0.05) is 6.92 Å². The molecule has 1 aliphatic rings. The summed E-state index contributed by atoms with van der Waals surface area (Å²) in [5.74, 6) is 0.541. The van der Waals surface area contributed by atoms with Gasteiger partial charge in [-0.05, 0) is 43.7 Å². The minimum Gasteiger partial charge on any atom is -0.391 e. The van der Waals surface area contributed by atoms with Gasteiger partial charge in [0.15, 0.2) is 0 Å². The van der Waals surface area contributed by atoms with Gasteiger partial charge in [0.05, 0.1) is 6.61 Å². The second-order valence-electron chi connectivity index (χ2n) is 5.14. The average molecular weight is 303 g/mol. The van der Waals surface area contributed by atoms with Gasteiger partial charge >= 0.3 is 0 Å². The fourth-order valence-corrected chi connectivity index (χ4v) is 5.26. The Hall–Kier alpha value is -0.430. The molecule has 1 saturated carbocycles. The minimum absolute atomic E-state index is 0.0948. The topological polar surface area (TPSA) is 57.6 Å². The molecule has 6 heteroatoms. The summed E-state index contributed by atoms with van der Waals surface area (Å²) in [4.78, 5) is 0.737. The summed E-state index contributed by atoms with van der Waals surface area (Å²) in [5, 5.41) is 9.20. The van der Waals surface area contributed by atoms with E-state index in [1.165, 1.54) is 11.3 Å². The van der Waals surface area contributed by atoms with E-state index in [-0.39, 0.29) is 6.61 Å². The van der Waals surface area contributed by atoms with Crippen LogP contribution in [0, 0.1) is 12.8 Å². The zero-order valence-corrected chi connectivity index (χ0v) is 13.1. The minimum atomic E-state index is -3.39. The van der Waals surface area contributed by atoms with Gasteiger partial charge in [-0.3, -0.25) is 0 Å². The van der Waals surface area contributed by atoms with Crippen LogP contribution in [0.2, 0.25) is 0 Å². The number of thiophene rings is 1. The number of aliphatic hydroxyl groups excluding tert-OH is 1. The molecule has 0 spiro atoms. The normalized spacial score (nSPS) is 16.2. The van der Waals surface area contributed by atoms with Crippen molar-refractivity contribution in [3.05, 3.63) is 16.5 Å². The second-order valence-corrected chi connectivity index (χ2v) is 8.44. The number of nitrogens with zero attached hydrogens (tertiary/aromatic N) is 1. The van der Waals surface area contributed by atoms with Crippen LogP contribution in [0.25, 0.3) is 0 Å². The largest absolute Gasteiger partial charge is 0.391 e. The van der Waals surface area contributed by atoms with Crippen molar-refractivity contribution in [2.75, 3.05) is 13.1 Å². The van der Waals surface area contributed by atoms with Crippen LogP contribution in [-0.4, -0.2) is 30.9 Å². The van der Waals surface area contributed by atoms with E-state index in [2.05, 4.69) is 0 Å². The Morgan fingerprint density at radius 3 is 2.63 bits per heavy atom. The Morgan fingerprint density at radius 2 is 2.16 bits per heavy atom. The zero-order valence-electron chi connectivity index (χ0n) is 11.4. The van der Waals surface area contributed by atoms with E-state index in [0.29, 0.717) is 23.2 Å². The highest BCUT2D eigenvalue weighted by molar-refractivity contribution is 7.91. The number of hydrogen-bond donors (Lipinski definition) is 1. The van der Waals surface area contributed by atoms with E-state index in [9.17, 15) is 13.5 Å². The maximum Gasteiger partial charge on any atom is 0.252 e. The highest BCUT2D eigenvalue weighted by atomic mass is 32.2. The molecule has 1 heterocycles. The van der Waals surface area contributed by atoms with Crippen molar-refractivity contribution < 1.29 is 13.5 Å². The van der Waals surface area contributed by atoms with Crippen LogP contribution < -0.4 is 0 Å². The van der Waals surface area contributed by atoms with E-state index in [1.807, 2.05) is 13.8 Å². The number of aryl methyl sites for hydroxylation is 1. The van der Waals surface area contributed by atoms with Crippen molar-refractivity contribution in [3.8, 4) is 0 Å². The van der Waals surface area contributed by atoms with Crippen LogP contribution in [0.1, 0.15) is 36.6 Å². The van der Waals surface area contributed by atoms with Crippen molar-refractivity contribution in [3.63, 3.8) is 0 Å². The first-order valence-electron chi connectivity index (χ1n) is 6.69. The third kappa shape index (κ3) is 3.37. The molecule has 0 amide bonds. The maximum absolute atomic E-state index is 12.6. The summed E-state index contributed by atoms with van der Waals surface area (Å²) in [7, 11) is -3.39. The molecule has 0 aromatic carbocycles. The second kappa shape index (κ2) is 5.91. The number of rotatable bonds is 7. The van der Waals surface area contributed by atoms with Crippen molar-refractivity contribution in [2.45, 2.75) is 43.9 Å². The van der Waals surface area contributed by atoms with Gasteiger partial charge < -0.3 is 5.11 Å². The molecule has 0 aliphatic heterocycles. The van der Waals surface area contributed by atoms with Gasteiger partial charge in [0.2, 0.25) is 0 Å². The molecule has 0 saturated heterocycles. The third-order valence-corrected chi connectivity index (χ3v) is 6.90. The van der Waals surface area contributed by atoms with Gasteiger partial charge in [0.1, 0.15) is 4.21 Å². The van der Waals surface area contributed by atoms with E-state index < -0.39 is 10.0 Å². The fraction of sp³-hybridized carbons (Fsp3) is 0.692. The molecular weight excluding hydrogens is 282 g/mol. The van der Waals surface area contributed by atoms with Gasteiger partial charge in [-0.25, -0.2) is 8.42 Å². The molecule has 19 heavy (non-hydrogen) atoms. The lowest BCUT2D eigenvalue weighted by Crippen LogP contribution is -2.33. The van der Waals surface area contributed by atoms with Crippen molar-refractivity contribution in [1.29, 1.82) is 0 Å². The standard InChI is InChI=1S/C13H21NO3S2/c1-3-6-14(8-11-4-5-11)19(16,17)13-7-10(2)12(9-15)18-13/h7,11,15H,3-6,8-9H2,1-2H3. The van der Waals surface area contributed by atoms with Crippen molar-refractivity contribution >= 4 is 21.4 Å². The summed E-state index contributed by atoms with van der Waals surface area (Å²) in [6.07, 6.45) is 3.10. The molecule has 1 N–H and O–H groups in total. The van der Waals surface area contributed by atoms with Crippen LogP contribution in [0.5, 0.6) is 0 Å². The molecule has 4 nitrogen and oxygen atoms in total. The number of aliphatic hydroxyl groups is 1. The molecule has 1 aromatic heterocycles. The predicted molar refractivity (Wildman–Crippen MR) is 76.8 cm³/mol. The summed E-state index contributed by atoms with van der Waals surface area (Å²) in [5.41, 5.74) is 0.856. The zero-order chi connectivity index (χ0) is 14.0. The van der Waals surface area contributed by atoms with Crippen LogP contribution in [0.3, 0.4) is 0 Å². The van der Waals surface area contributed by atoms with Gasteiger partial charge in [-0.15, -0.1) is 11.3 Å². The Balaban J connectivity index is 2.26. The Bertz CT molecular complexity index is 532. The molecular formula is C13H21NO3S2. The smallest absolute Gasteiger partial charge is 0.252 e. The lowest BCUT2D eigenvalue weighted by Gasteiger charge is -2.20. The summed E-state index contributed by atoms with van der Waals surface area (Å²) >= 11 is 1.19. The Labute approximate surface area is 119 Å². The monoisotopic (exact) mass is 303 g/mol. The Kier molecular flexibility index (Phi) is 4.66. The molecule has 0 atom stereocenters. The van der Waals surface area contributed by atoms with E-state index in [0.717, 1.165) is 29.7 Å². The fourth-order valence-electron chi connectivity index (χ4n) is 2.05. The van der Waals surface area contributed by atoms with Crippen LogP contribution in [0.4, 0.5) is 0 Å². The quantitative estimate of drug-likeness (QED) is 0.841. The van der Waals surface area contributed by atoms with Crippen molar-refractivity contribution in [1.82, 2.24) is 4.31 Å². The van der Waals surface area contributed by atoms with E-state index >= 15 is 0 Å². The molecule has 0 bridgehead atoms. The molecule has 2 rings (SSSR count). The van der Waals surface area contributed by atoms with Crippen LogP contribution >= 0.6 is 11.3 Å². The molecule has 0 unspecified atom stereocenters. The highest BCUT2D eigenvalue weighted by Crippen LogP contribution is 2.34. The lowest BCUT2D eigenvalue weighted by atomic mass is 10.3. The molecule has 1 aliphatic carbocycles. The summed E-state index contributed by atoms with van der Waals surface area (Å²) in [6.45, 7) is 4.95. The lowest BCUT2D eigenvalue weighted by molar-refractivity contribution is 0.285. The first kappa shape index (κ1) is 15.0. The van der Waals surface area contributed by atoms with E-state index in [1.54, 1.807) is 10.4 Å². The summed E-state index contributed by atoms with van der Waals surface area (Å²) in [6, 6.07) is 1.68. The average Bonchev–Trinajstić information content (AvgIpc) is 3.09. The maximum atomic E-state index is 12.6. The van der Waals surface area contributed by atoms with Gasteiger partial charge in [-0.2, -0.15) is 4.31 Å².